The van der Waals surface area contributed by atoms with Crippen molar-refractivity contribution in [2.24, 2.45) is 0 Å². The van der Waals surface area contributed by atoms with Crippen LogP contribution in [0.3, 0.4) is 0 Å². The number of benzene rings is 2. The Balaban J connectivity index is 1.37. The molecule has 2 amide bonds. The third-order valence-corrected chi connectivity index (χ3v) is 6.15. The van der Waals surface area contributed by atoms with Crippen LogP contribution in [0.1, 0.15) is 27.1 Å². The van der Waals surface area contributed by atoms with Gasteiger partial charge < -0.3 is 19.9 Å². The van der Waals surface area contributed by atoms with Gasteiger partial charge in [-0.2, -0.15) is 0 Å². The molecule has 2 aromatic carbocycles. The molecule has 1 aromatic heterocycles. The number of rotatable bonds is 5. The summed E-state index contributed by atoms with van der Waals surface area (Å²) in [5.74, 6) is 1.07. The highest BCUT2D eigenvalue weighted by Crippen LogP contribution is 2.24. The molecule has 176 valence electrons. The Hall–Kier alpha value is -3.29. The van der Waals surface area contributed by atoms with Gasteiger partial charge in [-0.15, -0.1) is 0 Å². The van der Waals surface area contributed by atoms with Crippen LogP contribution in [-0.2, 0) is 0 Å². The van der Waals surface area contributed by atoms with Crippen LogP contribution in [0.15, 0.2) is 60.8 Å². The summed E-state index contributed by atoms with van der Waals surface area (Å²) in [6.07, 6.45) is 2.43. The van der Waals surface area contributed by atoms with Gasteiger partial charge >= 0.3 is 0 Å². The molecule has 34 heavy (non-hydrogen) atoms. The van der Waals surface area contributed by atoms with Gasteiger partial charge in [0.15, 0.2) is 0 Å². The average molecular weight is 499 g/mol. The molecule has 9 heteroatoms. The third-order valence-electron chi connectivity index (χ3n) is 5.61. The van der Waals surface area contributed by atoms with Gasteiger partial charge in [0.05, 0.1) is 29.6 Å². The van der Waals surface area contributed by atoms with E-state index in [0.29, 0.717) is 52.2 Å². The number of hydrogen-bond acceptors (Lipinski definition) is 5. The lowest BCUT2D eigenvalue weighted by molar-refractivity contribution is 0.0767. The summed E-state index contributed by atoms with van der Waals surface area (Å²) in [6.45, 7) is 2.58. The number of pyridine rings is 1. The van der Waals surface area contributed by atoms with Crippen LogP contribution in [0, 0.1) is 0 Å². The highest BCUT2D eigenvalue weighted by molar-refractivity contribution is 6.36. The van der Waals surface area contributed by atoms with Gasteiger partial charge in [-0.1, -0.05) is 29.3 Å². The van der Waals surface area contributed by atoms with Crippen LogP contribution < -0.4 is 15.0 Å². The summed E-state index contributed by atoms with van der Waals surface area (Å²) in [4.78, 5) is 33.9. The fourth-order valence-corrected chi connectivity index (χ4v) is 4.29. The molecule has 4 rings (SSSR count). The van der Waals surface area contributed by atoms with Crippen LogP contribution in [-0.4, -0.2) is 55.0 Å². The Bertz CT molecular complexity index is 1190. The second-order valence-corrected chi connectivity index (χ2v) is 8.69. The minimum atomic E-state index is -0.238. The van der Waals surface area contributed by atoms with Crippen LogP contribution in [0.2, 0.25) is 10.0 Å². The first kappa shape index (κ1) is 23.9. The molecule has 1 fully saturated rings. The maximum absolute atomic E-state index is 12.9. The monoisotopic (exact) mass is 498 g/mol. The number of methoxy groups -OCH3 is 1. The molecule has 0 atom stereocenters. The van der Waals surface area contributed by atoms with Crippen molar-refractivity contribution in [1.29, 1.82) is 0 Å². The van der Waals surface area contributed by atoms with Crippen LogP contribution in [0.4, 0.5) is 11.5 Å². The van der Waals surface area contributed by atoms with Gasteiger partial charge in [-0.3, -0.25) is 9.59 Å². The second kappa shape index (κ2) is 10.8. The van der Waals surface area contributed by atoms with Gasteiger partial charge in [0.2, 0.25) is 0 Å². The Morgan fingerprint density at radius 1 is 1.00 bits per heavy atom. The number of halogens is 2. The molecule has 1 aliphatic heterocycles. The van der Waals surface area contributed by atoms with Crippen molar-refractivity contribution in [2.75, 3.05) is 43.5 Å². The van der Waals surface area contributed by atoms with E-state index >= 15 is 0 Å². The first-order valence-electron chi connectivity index (χ1n) is 10.9. The Morgan fingerprint density at radius 3 is 2.59 bits per heavy atom. The van der Waals surface area contributed by atoms with E-state index < -0.39 is 0 Å². The maximum atomic E-state index is 12.9. The van der Waals surface area contributed by atoms with Crippen molar-refractivity contribution in [2.45, 2.75) is 6.42 Å². The summed E-state index contributed by atoms with van der Waals surface area (Å²) >= 11 is 12.2. The van der Waals surface area contributed by atoms with Crippen molar-refractivity contribution >= 4 is 46.5 Å². The predicted molar refractivity (Wildman–Crippen MR) is 134 cm³/mol. The smallest absolute Gasteiger partial charge is 0.255 e. The standard InChI is InChI=1S/C25H24Cl2N4O3/c1-34-20-5-2-4-17(14-20)24(32)29-19-7-9-23(28-16-19)30-10-3-11-31(13-12-30)25(33)21-8-6-18(26)15-22(21)27/h2,4-9,14-16H,3,10-13H2,1H3,(H,29,32). The fraction of sp³-hybridized carbons (Fsp3) is 0.240. The zero-order valence-electron chi connectivity index (χ0n) is 18.6. The van der Waals surface area contributed by atoms with E-state index in [9.17, 15) is 9.59 Å². The maximum Gasteiger partial charge on any atom is 0.255 e. The highest BCUT2D eigenvalue weighted by atomic mass is 35.5. The van der Waals surface area contributed by atoms with Crippen LogP contribution in [0.5, 0.6) is 5.75 Å². The molecule has 7 nitrogen and oxygen atoms in total. The zero-order chi connectivity index (χ0) is 24.1. The largest absolute Gasteiger partial charge is 0.497 e. The topological polar surface area (TPSA) is 74.8 Å². The first-order valence-corrected chi connectivity index (χ1v) is 11.6. The number of carbonyl (C=O) groups is 2. The number of carbonyl (C=O) groups excluding carboxylic acids is 2. The SMILES string of the molecule is COc1cccc(C(=O)Nc2ccc(N3CCCN(C(=O)c4ccc(Cl)cc4Cl)CC3)nc2)c1. The van der Waals surface area contributed by atoms with Crippen LogP contribution >= 0.6 is 23.2 Å². The number of hydrogen-bond donors (Lipinski definition) is 1. The average Bonchev–Trinajstić information content (AvgIpc) is 3.10. The summed E-state index contributed by atoms with van der Waals surface area (Å²) < 4.78 is 5.17. The van der Waals surface area contributed by atoms with Crippen molar-refractivity contribution in [3.63, 3.8) is 0 Å². The number of nitrogens with zero attached hydrogens (tertiary/aromatic N) is 3. The molecule has 1 N–H and O–H groups in total. The van der Waals surface area contributed by atoms with Crippen molar-refractivity contribution in [3.8, 4) is 5.75 Å². The van der Waals surface area contributed by atoms with E-state index in [0.717, 1.165) is 18.8 Å². The summed E-state index contributed by atoms with van der Waals surface area (Å²) in [6, 6.07) is 15.6. The van der Waals surface area contributed by atoms with Crippen molar-refractivity contribution < 1.29 is 14.3 Å². The van der Waals surface area contributed by atoms with E-state index in [1.54, 1.807) is 60.7 Å². The molecular weight excluding hydrogens is 475 g/mol. The van der Waals surface area contributed by atoms with Crippen molar-refractivity contribution in [3.05, 3.63) is 82.0 Å². The molecule has 1 aliphatic rings. The molecule has 0 bridgehead atoms. The number of ether oxygens (including phenoxy) is 1. The van der Waals surface area contributed by atoms with Gasteiger partial charge in [-0.05, 0) is 55.0 Å². The lowest BCUT2D eigenvalue weighted by Gasteiger charge is -2.23. The molecule has 1 saturated heterocycles. The summed E-state index contributed by atoms with van der Waals surface area (Å²) in [7, 11) is 1.56. The second-order valence-electron chi connectivity index (χ2n) is 7.85. The van der Waals surface area contributed by atoms with Gasteiger partial charge in [0.25, 0.3) is 11.8 Å². The Morgan fingerprint density at radius 2 is 1.85 bits per heavy atom. The molecule has 0 unspecified atom stereocenters. The highest BCUT2D eigenvalue weighted by Gasteiger charge is 2.22. The lowest BCUT2D eigenvalue weighted by Crippen LogP contribution is -2.35. The summed E-state index contributed by atoms with van der Waals surface area (Å²) in [5.41, 5.74) is 1.55. The molecular formula is C25H24Cl2N4O3. The minimum Gasteiger partial charge on any atom is -0.497 e. The molecule has 0 spiro atoms. The van der Waals surface area contributed by atoms with E-state index in [2.05, 4.69) is 15.2 Å². The molecule has 0 radical (unpaired) electrons. The fourth-order valence-electron chi connectivity index (χ4n) is 3.80. The number of aromatic nitrogens is 1. The zero-order valence-corrected chi connectivity index (χ0v) is 20.1. The molecule has 0 aliphatic carbocycles. The number of anilines is 2. The van der Waals surface area contributed by atoms with E-state index in [1.165, 1.54) is 0 Å². The Kier molecular flexibility index (Phi) is 7.55. The lowest BCUT2D eigenvalue weighted by atomic mass is 10.2. The molecule has 3 aromatic rings. The summed E-state index contributed by atoms with van der Waals surface area (Å²) in [5, 5.41) is 3.70. The van der Waals surface area contributed by atoms with Gasteiger partial charge in [0, 0.05) is 36.8 Å². The van der Waals surface area contributed by atoms with Crippen molar-refractivity contribution in [1.82, 2.24) is 9.88 Å². The third kappa shape index (κ3) is 5.61. The number of nitrogens with one attached hydrogen (secondary N) is 1. The van der Waals surface area contributed by atoms with E-state index in [4.69, 9.17) is 27.9 Å². The van der Waals surface area contributed by atoms with Gasteiger partial charge in [-0.25, -0.2) is 4.98 Å². The number of amides is 2. The first-order chi connectivity index (χ1) is 16.4. The Labute approximate surface area is 208 Å². The molecule has 2 heterocycles. The minimum absolute atomic E-state index is 0.105. The van der Waals surface area contributed by atoms with E-state index in [-0.39, 0.29) is 11.8 Å². The molecule has 0 saturated carbocycles. The van der Waals surface area contributed by atoms with Crippen LogP contribution in [0.25, 0.3) is 0 Å². The predicted octanol–water partition coefficient (Wildman–Crippen LogP) is 5.00. The van der Waals surface area contributed by atoms with Gasteiger partial charge in [0.1, 0.15) is 11.6 Å². The normalized spacial score (nSPS) is 13.9. The quantitative estimate of drug-likeness (QED) is 0.535. The van der Waals surface area contributed by atoms with E-state index in [1.807, 2.05) is 12.1 Å².